The molecule has 0 aromatic heterocycles. The van der Waals surface area contributed by atoms with E-state index in [1.165, 1.54) is 6.92 Å². The molecule has 0 saturated heterocycles. The molecule has 0 amide bonds. The Morgan fingerprint density at radius 1 is 1.50 bits per heavy atom. The van der Waals surface area contributed by atoms with Crippen LogP contribution in [0.5, 0.6) is 0 Å². The summed E-state index contributed by atoms with van der Waals surface area (Å²) in [4.78, 5) is 19.5. The van der Waals surface area contributed by atoms with Crippen LogP contribution >= 0.6 is 0 Å². The summed E-state index contributed by atoms with van der Waals surface area (Å²) in [6.45, 7) is 1.26. The lowest BCUT2D eigenvalue weighted by Gasteiger charge is -2.17. The van der Waals surface area contributed by atoms with Crippen molar-refractivity contribution in [2.45, 2.75) is 18.9 Å². The van der Waals surface area contributed by atoms with Crippen LogP contribution < -0.4 is 0 Å². The first-order valence-electron chi connectivity index (χ1n) is 3.78. The lowest BCUT2D eigenvalue weighted by atomic mass is 9.92. The maximum Gasteiger partial charge on any atom is 0.313 e. The number of aliphatic hydroxyl groups excluding tert-OH is 1. The Morgan fingerprint density at radius 3 is 2.50 bits per heavy atom. The Hall–Kier alpha value is -1.92. The first kappa shape index (κ1) is 10.2. The van der Waals surface area contributed by atoms with Gasteiger partial charge in [0.15, 0.2) is 5.76 Å². The topological polar surface area (TPSA) is 107 Å². The molecule has 1 rings (SSSR count). The highest BCUT2D eigenvalue weighted by Gasteiger charge is 2.41. The van der Waals surface area contributed by atoms with E-state index in [4.69, 9.17) is 5.11 Å². The Bertz CT molecular complexity index is 359. The van der Waals surface area contributed by atoms with Gasteiger partial charge in [-0.25, -0.2) is 0 Å². The van der Waals surface area contributed by atoms with Gasteiger partial charge in [0.25, 0.3) is 0 Å². The number of hydrogen-bond acceptors (Lipinski definition) is 5. The zero-order valence-corrected chi connectivity index (χ0v) is 7.34. The van der Waals surface area contributed by atoms with Crippen LogP contribution in [-0.2, 0) is 0 Å². The number of rotatable bonds is 2. The maximum absolute atomic E-state index is 10.6. The molecule has 14 heavy (non-hydrogen) atoms. The van der Waals surface area contributed by atoms with E-state index in [1.807, 2.05) is 0 Å². The molecule has 0 aliphatic heterocycles. The van der Waals surface area contributed by atoms with Gasteiger partial charge in [0.1, 0.15) is 0 Å². The van der Waals surface area contributed by atoms with Crippen molar-refractivity contribution in [1.29, 1.82) is 0 Å². The minimum Gasteiger partial charge on any atom is -0.502 e. The summed E-state index contributed by atoms with van der Waals surface area (Å²) in [6, 6.07) is 0. The average molecular weight is 200 g/mol. The highest BCUT2D eigenvalue weighted by Crippen LogP contribution is 2.27. The van der Waals surface area contributed by atoms with Crippen LogP contribution in [0.3, 0.4) is 0 Å². The van der Waals surface area contributed by atoms with Gasteiger partial charge < -0.3 is 5.11 Å². The normalized spacial score (nSPS) is 26.4. The molecule has 0 aromatic carbocycles. The van der Waals surface area contributed by atoms with Crippen LogP contribution in [0.1, 0.15) is 13.3 Å². The van der Waals surface area contributed by atoms with Gasteiger partial charge in [0.2, 0.25) is 5.54 Å². The second-order valence-electron chi connectivity index (χ2n) is 3.19. The van der Waals surface area contributed by atoms with Gasteiger partial charge in [-0.15, -0.1) is 0 Å². The first-order valence-corrected chi connectivity index (χ1v) is 3.78. The van der Waals surface area contributed by atoms with Crippen LogP contribution in [0, 0.1) is 20.2 Å². The van der Waals surface area contributed by atoms with E-state index >= 15 is 0 Å². The molecular formula is C7H8N2O5. The largest absolute Gasteiger partial charge is 0.502 e. The smallest absolute Gasteiger partial charge is 0.313 e. The molecule has 1 aliphatic rings. The van der Waals surface area contributed by atoms with Crippen molar-refractivity contribution in [2.24, 2.45) is 0 Å². The summed E-state index contributed by atoms with van der Waals surface area (Å²) in [5.74, 6) is -0.519. The highest BCUT2D eigenvalue weighted by molar-refractivity contribution is 5.27. The van der Waals surface area contributed by atoms with E-state index in [0.29, 0.717) is 0 Å². The van der Waals surface area contributed by atoms with E-state index in [2.05, 4.69) is 0 Å². The summed E-state index contributed by atoms with van der Waals surface area (Å²) in [7, 11) is 0. The molecule has 7 heteroatoms. The van der Waals surface area contributed by atoms with Gasteiger partial charge in [-0.1, -0.05) is 0 Å². The van der Waals surface area contributed by atoms with Crippen molar-refractivity contribution in [3.8, 4) is 0 Å². The standard InChI is InChI=1S/C7H8N2O5/c1-7(9(13)14)3-2-6(10)5(4-7)8(11)12/h2,4,10H,3H2,1H3. The summed E-state index contributed by atoms with van der Waals surface area (Å²) in [5, 5.41) is 30.0. The zero-order chi connectivity index (χ0) is 10.9. The second kappa shape index (κ2) is 3.09. The van der Waals surface area contributed by atoms with Gasteiger partial charge in [0, 0.05) is 18.3 Å². The van der Waals surface area contributed by atoms with Gasteiger partial charge in [-0.3, -0.25) is 20.2 Å². The third-order valence-corrected chi connectivity index (χ3v) is 2.03. The molecule has 0 heterocycles. The fraction of sp³-hybridized carbons (Fsp3) is 0.429. The molecule has 1 unspecified atom stereocenters. The second-order valence-corrected chi connectivity index (χ2v) is 3.19. The van der Waals surface area contributed by atoms with Gasteiger partial charge in [-0.05, 0) is 6.08 Å². The van der Waals surface area contributed by atoms with Crippen LogP contribution in [0.15, 0.2) is 23.6 Å². The molecule has 0 aromatic rings. The van der Waals surface area contributed by atoms with Crippen molar-refractivity contribution < 1.29 is 15.0 Å². The van der Waals surface area contributed by atoms with E-state index in [0.717, 1.165) is 12.2 Å². The number of nitro groups is 2. The Labute approximate surface area is 78.6 Å². The minimum absolute atomic E-state index is 0.0524. The van der Waals surface area contributed by atoms with Crippen molar-refractivity contribution >= 4 is 0 Å². The summed E-state index contributed by atoms with van der Waals surface area (Å²) < 4.78 is 0. The van der Waals surface area contributed by atoms with Crippen molar-refractivity contribution in [2.75, 3.05) is 0 Å². The van der Waals surface area contributed by atoms with E-state index in [1.54, 1.807) is 0 Å². The lowest BCUT2D eigenvalue weighted by molar-refractivity contribution is -0.552. The fourth-order valence-electron chi connectivity index (χ4n) is 1.11. The summed E-state index contributed by atoms with van der Waals surface area (Å²) in [6.07, 6.45) is 1.90. The maximum atomic E-state index is 10.6. The monoisotopic (exact) mass is 200 g/mol. The first-order chi connectivity index (χ1) is 6.37. The molecule has 1 aliphatic carbocycles. The fourth-order valence-corrected chi connectivity index (χ4v) is 1.11. The van der Waals surface area contributed by atoms with E-state index < -0.39 is 26.8 Å². The molecule has 0 fully saturated rings. The average Bonchev–Trinajstić information content (AvgIpc) is 2.09. The van der Waals surface area contributed by atoms with Crippen LogP contribution in [0.2, 0.25) is 0 Å². The van der Waals surface area contributed by atoms with Gasteiger partial charge >= 0.3 is 5.70 Å². The molecule has 7 nitrogen and oxygen atoms in total. The van der Waals surface area contributed by atoms with Crippen LogP contribution in [-0.4, -0.2) is 20.5 Å². The minimum atomic E-state index is -1.51. The predicted molar refractivity (Wildman–Crippen MR) is 45.8 cm³/mol. The van der Waals surface area contributed by atoms with Gasteiger partial charge in [-0.2, -0.15) is 0 Å². The van der Waals surface area contributed by atoms with Crippen molar-refractivity contribution in [1.82, 2.24) is 0 Å². The van der Waals surface area contributed by atoms with Crippen molar-refractivity contribution in [3.63, 3.8) is 0 Å². The molecule has 0 radical (unpaired) electrons. The summed E-state index contributed by atoms with van der Waals surface area (Å²) in [5.41, 5.74) is -2.12. The molecule has 0 saturated carbocycles. The Morgan fingerprint density at radius 2 is 2.07 bits per heavy atom. The molecule has 0 spiro atoms. The number of nitrogens with zero attached hydrogens (tertiary/aromatic N) is 2. The Balaban J connectivity index is 3.13. The lowest BCUT2D eigenvalue weighted by Crippen LogP contribution is -2.35. The van der Waals surface area contributed by atoms with Crippen LogP contribution in [0.25, 0.3) is 0 Å². The van der Waals surface area contributed by atoms with E-state index in [9.17, 15) is 20.2 Å². The third kappa shape index (κ3) is 1.56. The molecule has 1 atom stereocenters. The van der Waals surface area contributed by atoms with Gasteiger partial charge in [0.05, 0.1) is 11.0 Å². The molecular weight excluding hydrogens is 192 g/mol. The quantitative estimate of drug-likeness (QED) is 0.529. The predicted octanol–water partition coefficient (Wildman–Crippen LogP) is 1.03. The molecule has 1 N–H and O–H groups in total. The van der Waals surface area contributed by atoms with Crippen molar-refractivity contribution in [3.05, 3.63) is 43.8 Å². The summed E-state index contributed by atoms with van der Waals surface area (Å²) >= 11 is 0. The zero-order valence-electron chi connectivity index (χ0n) is 7.34. The van der Waals surface area contributed by atoms with Crippen LogP contribution in [0.4, 0.5) is 0 Å². The molecule has 0 bridgehead atoms. The van der Waals surface area contributed by atoms with E-state index in [-0.39, 0.29) is 6.42 Å². The number of hydrogen-bond donors (Lipinski definition) is 1. The number of aliphatic hydroxyl groups is 1. The SMILES string of the molecule is CC1([N+](=O)[O-])C=C([N+](=O)[O-])C(O)=CC1. The third-order valence-electron chi connectivity index (χ3n) is 2.03. The Kier molecular flexibility index (Phi) is 2.24. The molecule has 76 valence electrons. The highest BCUT2D eigenvalue weighted by atomic mass is 16.6.